The first-order chi connectivity index (χ1) is 14.1. The molecule has 150 valence electrons. The van der Waals surface area contributed by atoms with Crippen molar-refractivity contribution in [1.29, 1.82) is 0 Å². The molecular formula is C24H24O5. The molecule has 0 spiro atoms. The molecule has 1 aliphatic carbocycles. The van der Waals surface area contributed by atoms with Crippen LogP contribution >= 0.6 is 0 Å². The number of hydrogen-bond donors (Lipinski definition) is 0. The summed E-state index contributed by atoms with van der Waals surface area (Å²) in [4.78, 5) is 25.1. The summed E-state index contributed by atoms with van der Waals surface area (Å²) in [7, 11) is 1.60. The van der Waals surface area contributed by atoms with Crippen molar-refractivity contribution in [2.45, 2.75) is 39.0 Å². The van der Waals surface area contributed by atoms with E-state index in [-0.39, 0.29) is 11.9 Å². The smallest absolute Gasteiger partial charge is 0.344 e. The van der Waals surface area contributed by atoms with Crippen LogP contribution in [0.1, 0.15) is 37.7 Å². The summed E-state index contributed by atoms with van der Waals surface area (Å²) in [5.74, 6) is 0.900. The summed E-state index contributed by atoms with van der Waals surface area (Å²) in [6.07, 6.45) is 5.08. The fraction of sp³-hybridized carbons (Fsp3) is 0.333. The lowest BCUT2D eigenvalue weighted by Crippen LogP contribution is -2.22. The second-order valence-corrected chi connectivity index (χ2v) is 7.53. The quantitative estimate of drug-likeness (QED) is 0.344. The van der Waals surface area contributed by atoms with Crippen LogP contribution in [0, 0.1) is 12.8 Å². The van der Waals surface area contributed by atoms with Gasteiger partial charge in [-0.25, -0.2) is 4.79 Å². The second-order valence-electron chi connectivity index (χ2n) is 7.53. The summed E-state index contributed by atoms with van der Waals surface area (Å²) in [6.45, 7) is 1.90. The van der Waals surface area contributed by atoms with Gasteiger partial charge < -0.3 is 13.9 Å². The number of carbonyl (C=O) groups is 1. The molecule has 29 heavy (non-hydrogen) atoms. The average Bonchev–Trinajstić information content (AvgIpc) is 2.74. The standard InChI is InChI=1S/C24H24O5/c1-15-20-13-12-19(28-23(25)17-6-4-3-5-7-17)14-21(20)29-24(26)22(15)16-8-10-18(27-2)11-9-16/h8-14,17H,3-7H2,1-2H3. The van der Waals surface area contributed by atoms with Gasteiger partial charge in [-0.2, -0.15) is 0 Å². The molecule has 1 saturated carbocycles. The monoisotopic (exact) mass is 392 g/mol. The van der Waals surface area contributed by atoms with Crippen molar-refractivity contribution in [1.82, 2.24) is 0 Å². The fourth-order valence-corrected chi connectivity index (χ4v) is 4.03. The molecule has 5 nitrogen and oxygen atoms in total. The summed E-state index contributed by atoms with van der Waals surface area (Å²) in [6, 6.07) is 12.5. The lowest BCUT2D eigenvalue weighted by Gasteiger charge is -2.19. The van der Waals surface area contributed by atoms with Crippen LogP contribution in [-0.4, -0.2) is 13.1 Å². The highest BCUT2D eigenvalue weighted by Crippen LogP contribution is 2.31. The fourth-order valence-electron chi connectivity index (χ4n) is 4.03. The van der Waals surface area contributed by atoms with Crippen molar-refractivity contribution < 1.29 is 18.7 Å². The molecule has 1 aromatic heterocycles. The van der Waals surface area contributed by atoms with E-state index in [1.165, 1.54) is 6.42 Å². The normalized spacial score (nSPS) is 14.7. The number of fused-ring (bicyclic) bond motifs is 1. The summed E-state index contributed by atoms with van der Waals surface area (Å²) < 4.78 is 16.3. The third kappa shape index (κ3) is 3.90. The van der Waals surface area contributed by atoms with Crippen molar-refractivity contribution >= 4 is 16.9 Å². The van der Waals surface area contributed by atoms with Gasteiger partial charge in [0.05, 0.1) is 18.6 Å². The highest BCUT2D eigenvalue weighted by Gasteiger charge is 2.23. The van der Waals surface area contributed by atoms with E-state index in [9.17, 15) is 9.59 Å². The maximum atomic E-state index is 12.7. The Bertz CT molecular complexity index is 1090. The van der Waals surface area contributed by atoms with Crippen LogP contribution in [0.5, 0.6) is 11.5 Å². The molecule has 0 bridgehead atoms. The lowest BCUT2D eigenvalue weighted by molar-refractivity contribution is -0.139. The van der Waals surface area contributed by atoms with Crippen molar-refractivity contribution in [3.05, 3.63) is 58.4 Å². The van der Waals surface area contributed by atoms with Gasteiger partial charge in [0.1, 0.15) is 17.1 Å². The molecule has 4 rings (SSSR count). The van der Waals surface area contributed by atoms with Crippen LogP contribution in [0.15, 0.2) is 51.7 Å². The molecule has 0 radical (unpaired) electrons. The molecule has 3 aromatic rings. The molecule has 0 unspecified atom stereocenters. The summed E-state index contributed by atoms with van der Waals surface area (Å²) in [5.41, 5.74) is 2.11. The van der Waals surface area contributed by atoms with Crippen LogP contribution in [0.4, 0.5) is 0 Å². The number of esters is 1. The minimum atomic E-state index is -0.420. The summed E-state index contributed by atoms with van der Waals surface area (Å²) in [5, 5.41) is 0.813. The minimum absolute atomic E-state index is 0.0364. The third-order valence-electron chi connectivity index (χ3n) is 5.67. The molecule has 0 atom stereocenters. The zero-order valence-corrected chi connectivity index (χ0v) is 16.7. The zero-order valence-electron chi connectivity index (χ0n) is 16.7. The zero-order chi connectivity index (χ0) is 20.4. The van der Waals surface area contributed by atoms with E-state index in [1.807, 2.05) is 37.3 Å². The number of ether oxygens (including phenoxy) is 2. The van der Waals surface area contributed by atoms with E-state index in [4.69, 9.17) is 13.9 Å². The highest BCUT2D eigenvalue weighted by atomic mass is 16.5. The van der Waals surface area contributed by atoms with E-state index < -0.39 is 5.63 Å². The third-order valence-corrected chi connectivity index (χ3v) is 5.67. The molecule has 1 fully saturated rings. The van der Waals surface area contributed by atoms with Crippen molar-refractivity contribution in [3.63, 3.8) is 0 Å². The van der Waals surface area contributed by atoms with E-state index in [0.717, 1.165) is 47.9 Å². The first-order valence-corrected chi connectivity index (χ1v) is 10.0. The van der Waals surface area contributed by atoms with Gasteiger partial charge >= 0.3 is 11.6 Å². The van der Waals surface area contributed by atoms with Gasteiger partial charge in [-0.3, -0.25) is 4.79 Å². The number of aryl methyl sites for hydroxylation is 1. The van der Waals surface area contributed by atoms with Crippen molar-refractivity contribution in [3.8, 4) is 22.6 Å². The first kappa shape index (κ1) is 19.2. The topological polar surface area (TPSA) is 65.7 Å². The maximum Gasteiger partial charge on any atom is 0.344 e. The van der Waals surface area contributed by atoms with Crippen molar-refractivity contribution in [2.75, 3.05) is 7.11 Å². The predicted octanol–water partition coefficient (Wildman–Crippen LogP) is 5.26. The Hall–Kier alpha value is -3.08. The van der Waals surface area contributed by atoms with Gasteiger partial charge in [0.25, 0.3) is 0 Å². The van der Waals surface area contributed by atoms with Gasteiger partial charge in [-0.05, 0) is 55.2 Å². The number of carbonyl (C=O) groups excluding carboxylic acids is 1. The van der Waals surface area contributed by atoms with Gasteiger partial charge in [0.2, 0.25) is 0 Å². The number of methoxy groups -OCH3 is 1. The van der Waals surface area contributed by atoms with Gasteiger partial charge in [-0.1, -0.05) is 31.4 Å². The molecule has 5 heteroatoms. The van der Waals surface area contributed by atoms with Gasteiger partial charge in [0, 0.05) is 11.5 Å². The molecule has 1 aliphatic rings. The Labute approximate surface area is 169 Å². The Balaban J connectivity index is 1.66. The number of hydrogen-bond acceptors (Lipinski definition) is 5. The SMILES string of the molecule is COc1ccc(-c2c(C)c3ccc(OC(=O)C4CCCCC4)cc3oc2=O)cc1. The predicted molar refractivity (Wildman–Crippen MR) is 111 cm³/mol. The van der Waals surface area contributed by atoms with Gasteiger partial charge in [0.15, 0.2) is 0 Å². The molecular weight excluding hydrogens is 368 g/mol. The maximum absolute atomic E-state index is 12.7. The Morgan fingerprint density at radius 3 is 2.38 bits per heavy atom. The molecule has 0 amide bonds. The average molecular weight is 392 g/mol. The van der Waals surface area contributed by atoms with Gasteiger partial charge in [-0.15, -0.1) is 0 Å². The van der Waals surface area contributed by atoms with Crippen LogP contribution in [0.25, 0.3) is 22.1 Å². The number of benzene rings is 2. The van der Waals surface area contributed by atoms with E-state index in [1.54, 1.807) is 19.2 Å². The molecule has 2 aromatic carbocycles. The van der Waals surface area contributed by atoms with E-state index in [0.29, 0.717) is 16.9 Å². The van der Waals surface area contributed by atoms with E-state index >= 15 is 0 Å². The van der Waals surface area contributed by atoms with Crippen LogP contribution in [0.2, 0.25) is 0 Å². The lowest BCUT2D eigenvalue weighted by atomic mass is 9.89. The Kier molecular flexibility index (Phi) is 5.38. The second kappa shape index (κ2) is 8.11. The highest BCUT2D eigenvalue weighted by molar-refractivity contribution is 5.88. The van der Waals surface area contributed by atoms with Crippen LogP contribution < -0.4 is 15.1 Å². The molecule has 1 heterocycles. The van der Waals surface area contributed by atoms with Crippen molar-refractivity contribution in [2.24, 2.45) is 5.92 Å². The van der Waals surface area contributed by atoms with Crippen LogP contribution in [-0.2, 0) is 4.79 Å². The molecule has 0 aliphatic heterocycles. The summed E-state index contributed by atoms with van der Waals surface area (Å²) >= 11 is 0. The number of rotatable bonds is 4. The Morgan fingerprint density at radius 1 is 1.00 bits per heavy atom. The van der Waals surface area contributed by atoms with Crippen LogP contribution in [0.3, 0.4) is 0 Å². The largest absolute Gasteiger partial charge is 0.497 e. The minimum Gasteiger partial charge on any atom is -0.497 e. The molecule has 0 saturated heterocycles. The molecule has 0 N–H and O–H groups in total. The first-order valence-electron chi connectivity index (χ1n) is 10.0. The van der Waals surface area contributed by atoms with E-state index in [2.05, 4.69) is 0 Å². The Morgan fingerprint density at radius 2 is 1.69 bits per heavy atom.